The zero-order chi connectivity index (χ0) is 19.5. The van der Waals surface area contributed by atoms with E-state index in [0.717, 1.165) is 36.7 Å². The van der Waals surface area contributed by atoms with Gasteiger partial charge < -0.3 is 14.0 Å². The average molecular weight is 380 g/mol. The summed E-state index contributed by atoms with van der Waals surface area (Å²) in [7, 11) is 0. The third-order valence-corrected chi connectivity index (χ3v) is 5.34. The maximum absolute atomic E-state index is 12.8. The highest BCUT2D eigenvalue weighted by atomic mass is 16.2. The predicted molar refractivity (Wildman–Crippen MR) is 102 cm³/mol. The molecule has 1 aliphatic rings. The van der Waals surface area contributed by atoms with E-state index < -0.39 is 0 Å². The van der Waals surface area contributed by atoms with E-state index in [4.69, 9.17) is 0 Å². The number of imidazole rings is 1. The number of amides is 1. The van der Waals surface area contributed by atoms with Crippen LogP contribution in [0.3, 0.4) is 0 Å². The van der Waals surface area contributed by atoms with Crippen LogP contribution in [0.5, 0.6) is 0 Å². The van der Waals surface area contributed by atoms with E-state index >= 15 is 0 Å². The number of hydrogen-bond acceptors (Lipinski definition) is 6. The lowest BCUT2D eigenvalue weighted by Crippen LogP contribution is -2.38. The highest BCUT2D eigenvalue weighted by Gasteiger charge is 2.29. The van der Waals surface area contributed by atoms with Crippen molar-refractivity contribution in [2.75, 3.05) is 13.1 Å². The summed E-state index contributed by atoms with van der Waals surface area (Å²) in [6.07, 6.45) is 10.3. The number of rotatable bonds is 5. The van der Waals surface area contributed by atoms with Crippen LogP contribution < -0.4 is 0 Å². The number of hydrogen-bond donors (Lipinski definition) is 0. The second-order valence-corrected chi connectivity index (χ2v) is 7.04. The van der Waals surface area contributed by atoms with Gasteiger partial charge in [0.15, 0.2) is 5.82 Å². The molecule has 1 saturated heterocycles. The molecule has 0 spiro atoms. The Bertz CT molecular complexity index is 941. The van der Waals surface area contributed by atoms with Crippen LogP contribution in [0.25, 0.3) is 0 Å². The summed E-state index contributed by atoms with van der Waals surface area (Å²) in [6.45, 7) is 6.84. The molecule has 0 aromatic carbocycles. The molecule has 146 valence electrons. The van der Waals surface area contributed by atoms with Crippen LogP contribution in [0.4, 0.5) is 0 Å². The van der Waals surface area contributed by atoms with Gasteiger partial charge >= 0.3 is 0 Å². The Kier molecular flexibility index (Phi) is 5.14. The first-order valence-corrected chi connectivity index (χ1v) is 9.61. The van der Waals surface area contributed by atoms with Crippen molar-refractivity contribution in [2.24, 2.45) is 0 Å². The SMILES string of the molecule is CCn1c(Cn2ccnc2)nnc1C1CCN(C(=O)c2cncnc2C)CC1. The van der Waals surface area contributed by atoms with Crippen LogP contribution in [0.2, 0.25) is 0 Å². The predicted octanol–water partition coefficient (Wildman–Crippen LogP) is 1.66. The molecule has 1 aliphatic heterocycles. The zero-order valence-corrected chi connectivity index (χ0v) is 16.2. The van der Waals surface area contributed by atoms with Crippen molar-refractivity contribution in [3.05, 3.63) is 54.2 Å². The standard InChI is InChI=1S/C19H24N8O/c1-3-27-17(11-25-9-6-20-13-25)23-24-18(27)15-4-7-26(8-5-15)19(28)16-10-21-12-22-14(16)2/h6,9-10,12-13,15H,3-5,7-8,11H2,1-2H3. The van der Waals surface area contributed by atoms with Crippen LogP contribution in [-0.2, 0) is 13.1 Å². The topological polar surface area (TPSA) is 94.6 Å². The van der Waals surface area contributed by atoms with Crippen LogP contribution in [0.15, 0.2) is 31.2 Å². The average Bonchev–Trinajstić information content (AvgIpc) is 3.38. The Balaban J connectivity index is 1.44. The molecule has 0 atom stereocenters. The van der Waals surface area contributed by atoms with Gasteiger partial charge in [-0.05, 0) is 26.7 Å². The fraction of sp³-hybridized carbons (Fsp3) is 0.474. The van der Waals surface area contributed by atoms with Gasteiger partial charge in [0.25, 0.3) is 5.91 Å². The molecular weight excluding hydrogens is 356 g/mol. The molecule has 28 heavy (non-hydrogen) atoms. The van der Waals surface area contributed by atoms with E-state index in [1.807, 2.05) is 22.6 Å². The van der Waals surface area contributed by atoms with Gasteiger partial charge in [-0.15, -0.1) is 10.2 Å². The van der Waals surface area contributed by atoms with Crippen molar-refractivity contribution in [3.63, 3.8) is 0 Å². The Hall–Kier alpha value is -3.10. The number of carbonyl (C=O) groups is 1. The van der Waals surface area contributed by atoms with Crippen LogP contribution in [-0.4, -0.2) is 58.2 Å². The summed E-state index contributed by atoms with van der Waals surface area (Å²) in [4.78, 5) is 26.9. The molecule has 0 N–H and O–H groups in total. The second kappa shape index (κ2) is 7.87. The van der Waals surface area contributed by atoms with Gasteiger partial charge in [-0.25, -0.2) is 15.0 Å². The number of aromatic nitrogens is 7. The first kappa shape index (κ1) is 18.3. The Morgan fingerprint density at radius 1 is 1.21 bits per heavy atom. The van der Waals surface area contributed by atoms with Crippen molar-refractivity contribution < 1.29 is 4.79 Å². The highest BCUT2D eigenvalue weighted by molar-refractivity contribution is 5.94. The van der Waals surface area contributed by atoms with Crippen LogP contribution in [0.1, 0.15) is 53.4 Å². The summed E-state index contributed by atoms with van der Waals surface area (Å²) in [5.41, 5.74) is 1.30. The molecule has 9 heteroatoms. The van der Waals surface area contributed by atoms with Gasteiger partial charge in [0.1, 0.15) is 12.2 Å². The minimum atomic E-state index is 0.00862. The molecule has 0 radical (unpaired) electrons. The normalized spacial score (nSPS) is 15.1. The van der Waals surface area contributed by atoms with E-state index in [-0.39, 0.29) is 5.91 Å². The van der Waals surface area contributed by atoms with E-state index in [9.17, 15) is 4.79 Å². The van der Waals surface area contributed by atoms with Gasteiger partial charge in [0.05, 0.1) is 24.1 Å². The number of piperidine rings is 1. The molecule has 0 saturated carbocycles. The van der Waals surface area contributed by atoms with Crippen molar-refractivity contribution in [2.45, 2.75) is 45.7 Å². The minimum Gasteiger partial charge on any atom is -0.338 e. The Morgan fingerprint density at radius 2 is 2.04 bits per heavy atom. The fourth-order valence-corrected chi connectivity index (χ4v) is 3.77. The highest BCUT2D eigenvalue weighted by Crippen LogP contribution is 2.28. The molecule has 0 unspecified atom stereocenters. The monoisotopic (exact) mass is 380 g/mol. The van der Waals surface area contributed by atoms with Crippen LogP contribution >= 0.6 is 0 Å². The van der Waals surface area contributed by atoms with E-state index in [1.165, 1.54) is 6.33 Å². The van der Waals surface area contributed by atoms with Crippen molar-refractivity contribution in [1.29, 1.82) is 0 Å². The molecule has 3 aromatic heterocycles. The van der Waals surface area contributed by atoms with Gasteiger partial charge in [-0.1, -0.05) is 0 Å². The molecule has 1 fully saturated rings. The fourth-order valence-electron chi connectivity index (χ4n) is 3.77. The van der Waals surface area contributed by atoms with Crippen molar-refractivity contribution >= 4 is 5.91 Å². The number of carbonyl (C=O) groups excluding carboxylic acids is 1. The van der Waals surface area contributed by atoms with Crippen molar-refractivity contribution in [1.82, 2.24) is 39.2 Å². The molecule has 1 amide bonds. The lowest BCUT2D eigenvalue weighted by molar-refractivity contribution is 0.0708. The smallest absolute Gasteiger partial charge is 0.257 e. The summed E-state index contributed by atoms with van der Waals surface area (Å²) >= 11 is 0. The molecular formula is C19H24N8O. The van der Waals surface area contributed by atoms with Gasteiger partial charge in [0.2, 0.25) is 0 Å². The first-order chi connectivity index (χ1) is 13.7. The van der Waals surface area contributed by atoms with Gasteiger partial charge in [0, 0.05) is 44.1 Å². The molecule has 4 heterocycles. The summed E-state index contributed by atoms with van der Waals surface area (Å²) in [5.74, 6) is 2.27. The molecule has 4 rings (SSSR count). The Morgan fingerprint density at radius 3 is 2.71 bits per heavy atom. The Labute approximate surface area is 163 Å². The summed E-state index contributed by atoms with van der Waals surface area (Å²) in [5, 5.41) is 8.91. The maximum Gasteiger partial charge on any atom is 0.257 e. The number of aryl methyl sites for hydroxylation is 1. The number of nitrogens with zero attached hydrogens (tertiary/aromatic N) is 8. The minimum absolute atomic E-state index is 0.00862. The molecule has 3 aromatic rings. The van der Waals surface area contributed by atoms with E-state index in [1.54, 1.807) is 18.7 Å². The molecule has 9 nitrogen and oxygen atoms in total. The third-order valence-electron chi connectivity index (χ3n) is 5.34. The second-order valence-electron chi connectivity index (χ2n) is 7.04. The summed E-state index contributed by atoms with van der Waals surface area (Å²) < 4.78 is 4.18. The third kappa shape index (κ3) is 3.51. The quantitative estimate of drug-likeness (QED) is 0.668. The largest absolute Gasteiger partial charge is 0.338 e. The van der Waals surface area contributed by atoms with E-state index in [2.05, 4.69) is 36.6 Å². The zero-order valence-electron chi connectivity index (χ0n) is 16.2. The first-order valence-electron chi connectivity index (χ1n) is 9.61. The van der Waals surface area contributed by atoms with E-state index in [0.29, 0.717) is 31.1 Å². The molecule has 0 aliphatic carbocycles. The lowest BCUT2D eigenvalue weighted by Gasteiger charge is -2.32. The van der Waals surface area contributed by atoms with Crippen LogP contribution in [0, 0.1) is 6.92 Å². The molecule has 0 bridgehead atoms. The van der Waals surface area contributed by atoms with Crippen molar-refractivity contribution in [3.8, 4) is 0 Å². The lowest BCUT2D eigenvalue weighted by atomic mass is 9.95. The van der Waals surface area contributed by atoms with Gasteiger partial charge in [-0.3, -0.25) is 4.79 Å². The maximum atomic E-state index is 12.8. The summed E-state index contributed by atoms with van der Waals surface area (Å²) in [6, 6.07) is 0. The van der Waals surface area contributed by atoms with Gasteiger partial charge in [-0.2, -0.15) is 0 Å². The number of likely N-dealkylation sites (tertiary alicyclic amines) is 1.